The fraction of sp³-hybridized carbons (Fsp3) is 0.211. The van der Waals surface area contributed by atoms with Gasteiger partial charge in [0.05, 0.1) is 23.7 Å². The fourth-order valence-corrected chi connectivity index (χ4v) is 3.10. The van der Waals surface area contributed by atoms with Crippen LogP contribution in [0.2, 0.25) is 0 Å². The molecule has 25 heavy (non-hydrogen) atoms. The van der Waals surface area contributed by atoms with E-state index in [9.17, 15) is 9.59 Å². The third-order valence-electron chi connectivity index (χ3n) is 4.15. The number of carbonyl (C=O) groups is 2. The number of aromatic nitrogens is 1. The van der Waals surface area contributed by atoms with Crippen LogP contribution in [0.25, 0.3) is 0 Å². The van der Waals surface area contributed by atoms with E-state index in [0.717, 1.165) is 4.47 Å². The summed E-state index contributed by atoms with van der Waals surface area (Å²) in [6.07, 6.45) is 8.25. The average molecular weight is 400 g/mol. The van der Waals surface area contributed by atoms with Crippen molar-refractivity contribution in [1.29, 1.82) is 0 Å². The zero-order chi connectivity index (χ0) is 17.6. The second-order valence-corrected chi connectivity index (χ2v) is 6.80. The van der Waals surface area contributed by atoms with Gasteiger partial charge in [-0.25, -0.2) is 0 Å². The zero-order valence-electron chi connectivity index (χ0n) is 13.5. The largest absolute Gasteiger partial charge is 0.326 e. The highest BCUT2D eigenvalue weighted by atomic mass is 79.9. The minimum absolute atomic E-state index is 0.141. The number of halogens is 1. The van der Waals surface area contributed by atoms with Gasteiger partial charge in [-0.15, -0.1) is 0 Å². The molecule has 1 aliphatic rings. The van der Waals surface area contributed by atoms with Crippen LogP contribution in [0.1, 0.15) is 12.8 Å². The molecular formula is C19H18BrN3O2. The van der Waals surface area contributed by atoms with Crippen LogP contribution >= 0.6 is 15.9 Å². The highest BCUT2D eigenvalue weighted by molar-refractivity contribution is 9.10. The molecular weight excluding hydrogens is 382 g/mol. The first kappa shape index (κ1) is 17.4. The number of carbonyl (C=O) groups excluding carboxylic acids is 2. The van der Waals surface area contributed by atoms with Crippen molar-refractivity contribution in [2.75, 3.05) is 10.6 Å². The molecule has 2 amide bonds. The molecule has 3 rings (SSSR count). The SMILES string of the molecule is O=C(Nc1ccc(Br)cc1)C1CC=CCC1C(=O)Nc1cccnc1. The summed E-state index contributed by atoms with van der Waals surface area (Å²) >= 11 is 3.37. The van der Waals surface area contributed by atoms with Crippen molar-refractivity contribution >= 4 is 39.1 Å². The summed E-state index contributed by atoms with van der Waals surface area (Å²) in [6, 6.07) is 10.9. The fourth-order valence-electron chi connectivity index (χ4n) is 2.83. The summed E-state index contributed by atoms with van der Waals surface area (Å²) in [5.41, 5.74) is 1.35. The van der Waals surface area contributed by atoms with Crippen LogP contribution in [0.4, 0.5) is 11.4 Å². The van der Waals surface area contributed by atoms with Crippen LogP contribution in [0.3, 0.4) is 0 Å². The maximum Gasteiger partial charge on any atom is 0.228 e. The first-order valence-corrected chi connectivity index (χ1v) is 8.85. The van der Waals surface area contributed by atoms with E-state index < -0.39 is 11.8 Å². The third-order valence-corrected chi connectivity index (χ3v) is 4.68. The Bertz CT molecular complexity index is 775. The lowest BCUT2D eigenvalue weighted by molar-refractivity contribution is -0.129. The second-order valence-electron chi connectivity index (χ2n) is 5.88. The summed E-state index contributed by atoms with van der Waals surface area (Å²) in [4.78, 5) is 29.3. The molecule has 0 fully saturated rings. The highest BCUT2D eigenvalue weighted by Crippen LogP contribution is 2.28. The Hall–Kier alpha value is -2.47. The van der Waals surface area contributed by atoms with Gasteiger partial charge >= 0.3 is 0 Å². The van der Waals surface area contributed by atoms with E-state index in [1.807, 2.05) is 36.4 Å². The van der Waals surface area contributed by atoms with E-state index in [1.54, 1.807) is 24.5 Å². The molecule has 2 aromatic rings. The molecule has 0 aliphatic heterocycles. The lowest BCUT2D eigenvalue weighted by Crippen LogP contribution is -2.37. The normalized spacial score (nSPS) is 19.2. The number of benzene rings is 1. The third kappa shape index (κ3) is 4.54. The molecule has 2 unspecified atom stereocenters. The number of nitrogens with zero attached hydrogens (tertiary/aromatic N) is 1. The minimum Gasteiger partial charge on any atom is -0.326 e. The maximum absolute atomic E-state index is 12.7. The molecule has 2 atom stereocenters. The Morgan fingerprint density at radius 3 is 2.08 bits per heavy atom. The molecule has 1 heterocycles. The Morgan fingerprint density at radius 1 is 0.920 bits per heavy atom. The molecule has 1 aromatic carbocycles. The molecule has 0 saturated heterocycles. The van der Waals surface area contributed by atoms with Gasteiger partial charge in [0.1, 0.15) is 0 Å². The van der Waals surface area contributed by atoms with E-state index in [1.165, 1.54) is 0 Å². The number of hydrogen-bond donors (Lipinski definition) is 2. The van der Waals surface area contributed by atoms with Crippen LogP contribution < -0.4 is 10.6 Å². The van der Waals surface area contributed by atoms with Gasteiger partial charge in [-0.3, -0.25) is 14.6 Å². The summed E-state index contributed by atoms with van der Waals surface area (Å²) in [6.45, 7) is 0. The van der Waals surface area contributed by atoms with E-state index in [-0.39, 0.29) is 11.8 Å². The molecule has 128 valence electrons. The average Bonchev–Trinajstić information content (AvgIpc) is 2.64. The predicted octanol–water partition coefficient (Wildman–Crippen LogP) is 4.00. The van der Waals surface area contributed by atoms with Gasteiger partial charge in [-0.1, -0.05) is 28.1 Å². The summed E-state index contributed by atoms with van der Waals surface area (Å²) in [7, 11) is 0. The molecule has 5 nitrogen and oxygen atoms in total. The van der Waals surface area contributed by atoms with Crippen LogP contribution in [-0.4, -0.2) is 16.8 Å². The number of nitrogens with one attached hydrogen (secondary N) is 2. The Morgan fingerprint density at radius 2 is 1.52 bits per heavy atom. The van der Waals surface area contributed by atoms with Crippen LogP contribution in [0.15, 0.2) is 65.4 Å². The van der Waals surface area contributed by atoms with E-state index in [2.05, 4.69) is 31.5 Å². The lowest BCUT2D eigenvalue weighted by Gasteiger charge is -2.26. The van der Waals surface area contributed by atoms with Crippen molar-refractivity contribution in [2.45, 2.75) is 12.8 Å². The lowest BCUT2D eigenvalue weighted by atomic mass is 9.81. The molecule has 2 N–H and O–H groups in total. The van der Waals surface area contributed by atoms with E-state index in [0.29, 0.717) is 24.2 Å². The molecule has 0 saturated carbocycles. The summed E-state index contributed by atoms with van der Waals surface area (Å²) in [5, 5.41) is 5.75. The maximum atomic E-state index is 12.7. The van der Waals surface area contributed by atoms with Crippen LogP contribution in [-0.2, 0) is 9.59 Å². The molecule has 0 spiro atoms. The standard InChI is InChI=1S/C19H18BrN3O2/c20-13-7-9-14(10-8-13)22-18(24)16-5-1-2-6-17(16)19(25)23-15-4-3-11-21-12-15/h1-4,7-12,16-17H,5-6H2,(H,22,24)(H,23,25). The molecule has 0 bridgehead atoms. The zero-order valence-corrected chi connectivity index (χ0v) is 15.1. The number of rotatable bonds is 4. The van der Waals surface area contributed by atoms with Gasteiger partial charge in [-0.2, -0.15) is 0 Å². The topological polar surface area (TPSA) is 71.1 Å². The number of hydrogen-bond acceptors (Lipinski definition) is 3. The molecule has 1 aromatic heterocycles. The van der Waals surface area contributed by atoms with Crippen molar-refractivity contribution in [3.05, 3.63) is 65.4 Å². The minimum atomic E-state index is -0.402. The molecule has 6 heteroatoms. The predicted molar refractivity (Wildman–Crippen MR) is 101 cm³/mol. The van der Waals surface area contributed by atoms with Gasteiger partial charge in [-0.05, 0) is 49.2 Å². The monoisotopic (exact) mass is 399 g/mol. The smallest absolute Gasteiger partial charge is 0.228 e. The second kappa shape index (κ2) is 8.07. The number of amides is 2. The van der Waals surface area contributed by atoms with Crippen molar-refractivity contribution in [1.82, 2.24) is 4.98 Å². The van der Waals surface area contributed by atoms with Crippen molar-refractivity contribution in [3.63, 3.8) is 0 Å². The number of allylic oxidation sites excluding steroid dienone is 2. The Labute approximate surface area is 154 Å². The van der Waals surface area contributed by atoms with Crippen LogP contribution in [0.5, 0.6) is 0 Å². The Kier molecular flexibility index (Phi) is 5.60. The first-order chi connectivity index (χ1) is 12.1. The summed E-state index contributed by atoms with van der Waals surface area (Å²) < 4.78 is 0.944. The van der Waals surface area contributed by atoms with E-state index >= 15 is 0 Å². The highest BCUT2D eigenvalue weighted by Gasteiger charge is 2.34. The van der Waals surface area contributed by atoms with Gasteiger partial charge < -0.3 is 10.6 Å². The van der Waals surface area contributed by atoms with Gasteiger partial charge in [0.15, 0.2) is 0 Å². The molecule has 1 aliphatic carbocycles. The number of pyridine rings is 1. The summed E-state index contributed by atoms with van der Waals surface area (Å²) in [5.74, 6) is -1.10. The van der Waals surface area contributed by atoms with Crippen molar-refractivity contribution in [3.8, 4) is 0 Å². The quantitative estimate of drug-likeness (QED) is 0.763. The van der Waals surface area contributed by atoms with Gasteiger partial charge in [0.25, 0.3) is 0 Å². The van der Waals surface area contributed by atoms with Crippen LogP contribution in [0, 0.1) is 11.8 Å². The number of anilines is 2. The van der Waals surface area contributed by atoms with Crippen molar-refractivity contribution in [2.24, 2.45) is 11.8 Å². The van der Waals surface area contributed by atoms with Crippen molar-refractivity contribution < 1.29 is 9.59 Å². The van der Waals surface area contributed by atoms with E-state index in [4.69, 9.17) is 0 Å². The Balaban J connectivity index is 1.69. The van der Waals surface area contributed by atoms with Gasteiger partial charge in [0.2, 0.25) is 11.8 Å². The first-order valence-electron chi connectivity index (χ1n) is 8.06. The molecule has 0 radical (unpaired) electrons. The van der Waals surface area contributed by atoms with Gasteiger partial charge in [0, 0.05) is 16.4 Å².